The summed E-state index contributed by atoms with van der Waals surface area (Å²) >= 11 is 0. The van der Waals surface area contributed by atoms with Gasteiger partial charge < -0.3 is 10.2 Å². The van der Waals surface area contributed by atoms with Crippen molar-refractivity contribution < 1.29 is 10.2 Å². The van der Waals surface area contributed by atoms with E-state index in [-0.39, 0.29) is 12.7 Å². The summed E-state index contributed by atoms with van der Waals surface area (Å²) in [5, 5.41) is 18.0. The molecule has 0 heterocycles. The van der Waals surface area contributed by atoms with Gasteiger partial charge in [0.05, 0.1) is 6.10 Å². The number of aliphatic hydroxyl groups excluding tert-OH is 2. The van der Waals surface area contributed by atoms with Gasteiger partial charge in [-0.1, -0.05) is 20.3 Å². The molecule has 0 spiro atoms. The molecule has 2 atom stereocenters. The van der Waals surface area contributed by atoms with Gasteiger partial charge in [-0.15, -0.1) is 0 Å². The van der Waals surface area contributed by atoms with E-state index in [1.165, 1.54) is 0 Å². The first kappa shape index (κ1) is 10.9. The van der Waals surface area contributed by atoms with Gasteiger partial charge in [-0.2, -0.15) is 0 Å². The monoisotopic (exact) mass is 160 g/mol. The molecule has 0 bridgehead atoms. The summed E-state index contributed by atoms with van der Waals surface area (Å²) in [5.74, 6) is 0.382. The van der Waals surface area contributed by atoms with Gasteiger partial charge in [-0.05, 0) is 25.2 Å². The smallest absolute Gasteiger partial charge is 0.0565 e. The zero-order chi connectivity index (χ0) is 8.69. The molecule has 0 aromatic rings. The Hall–Kier alpha value is -0.0800. The maximum absolute atomic E-state index is 9.46. The average Bonchev–Trinajstić information content (AvgIpc) is 2.05. The van der Waals surface area contributed by atoms with Gasteiger partial charge in [0.15, 0.2) is 0 Å². The van der Waals surface area contributed by atoms with Crippen LogP contribution >= 0.6 is 0 Å². The summed E-state index contributed by atoms with van der Waals surface area (Å²) in [6.45, 7) is 4.32. The predicted octanol–water partition coefficient (Wildman–Crippen LogP) is 1.56. The van der Waals surface area contributed by atoms with Crippen LogP contribution in [0.3, 0.4) is 0 Å². The van der Waals surface area contributed by atoms with Crippen LogP contribution in [-0.4, -0.2) is 22.9 Å². The second-order valence-electron chi connectivity index (χ2n) is 3.01. The molecule has 2 heteroatoms. The van der Waals surface area contributed by atoms with Gasteiger partial charge in [-0.25, -0.2) is 0 Å². The highest BCUT2D eigenvalue weighted by atomic mass is 16.3. The summed E-state index contributed by atoms with van der Waals surface area (Å²) in [6.07, 6.45) is 3.42. The van der Waals surface area contributed by atoms with Crippen LogP contribution in [0, 0.1) is 5.92 Å². The molecule has 0 aliphatic rings. The average molecular weight is 160 g/mol. The molecular formula is C9H20O2. The van der Waals surface area contributed by atoms with Crippen LogP contribution in [0.4, 0.5) is 0 Å². The van der Waals surface area contributed by atoms with Crippen LogP contribution in [0.2, 0.25) is 0 Å². The Labute approximate surface area is 69.2 Å². The minimum Gasteiger partial charge on any atom is -0.396 e. The van der Waals surface area contributed by atoms with Gasteiger partial charge >= 0.3 is 0 Å². The topological polar surface area (TPSA) is 40.5 Å². The Morgan fingerprint density at radius 3 is 2.18 bits per heavy atom. The third kappa shape index (κ3) is 4.38. The molecule has 68 valence electrons. The van der Waals surface area contributed by atoms with Gasteiger partial charge in [-0.3, -0.25) is 0 Å². The lowest BCUT2D eigenvalue weighted by Crippen LogP contribution is -2.18. The van der Waals surface area contributed by atoms with E-state index in [2.05, 4.69) is 6.92 Å². The van der Waals surface area contributed by atoms with E-state index >= 15 is 0 Å². The normalized spacial score (nSPS) is 16.4. The number of hydrogen-bond acceptors (Lipinski definition) is 2. The zero-order valence-corrected chi connectivity index (χ0v) is 7.58. The molecule has 0 aliphatic carbocycles. The molecule has 0 aromatic carbocycles. The number of aliphatic hydroxyl groups is 2. The Balaban J connectivity index is 3.56. The fraction of sp³-hybridized carbons (Fsp3) is 1.00. The summed E-state index contributed by atoms with van der Waals surface area (Å²) in [5.41, 5.74) is 0. The molecule has 2 unspecified atom stereocenters. The van der Waals surface area contributed by atoms with Crippen molar-refractivity contribution in [2.24, 2.45) is 5.92 Å². The minimum atomic E-state index is -0.174. The molecular weight excluding hydrogens is 140 g/mol. The lowest BCUT2D eigenvalue weighted by molar-refractivity contribution is 0.0914. The molecule has 0 saturated carbocycles. The third-order valence-corrected chi connectivity index (χ3v) is 2.22. The van der Waals surface area contributed by atoms with Crippen LogP contribution in [0.1, 0.15) is 39.5 Å². The molecule has 0 aromatic heterocycles. The van der Waals surface area contributed by atoms with Crippen LogP contribution in [-0.2, 0) is 0 Å². The first-order valence-electron chi connectivity index (χ1n) is 4.55. The molecule has 2 N–H and O–H groups in total. The Morgan fingerprint density at radius 2 is 1.82 bits per heavy atom. The van der Waals surface area contributed by atoms with E-state index in [9.17, 15) is 5.11 Å². The van der Waals surface area contributed by atoms with Crippen molar-refractivity contribution >= 4 is 0 Å². The third-order valence-electron chi connectivity index (χ3n) is 2.22. The lowest BCUT2D eigenvalue weighted by atomic mass is 9.93. The summed E-state index contributed by atoms with van der Waals surface area (Å²) in [4.78, 5) is 0. The first-order valence-corrected chi connectivity index (χ1v) is 4.55. The molecule has 0 saturated heterocycles. The quantitative estimate of drug-likeness (QED) is 0.619. The fourth-order valence-corrected chi connectivity index (χ4v) is 1.36. The molecule has 0 fully saturated rings. The zero-order valence-electron chi connectivity index (χ0n) is 7.58. The minimum absolute atomic E-state index is 0.174. The van der Waals surface area contributed by atoms with Gasteiger partial charge in [0.1, 0.15) is 0 Å². The lowest BCUT2D eigenvalue weighted by Gasteiger charge is -2.19. The maximum Gasteiger partial charge on any atom is 0.0565 e. The molecule has 11 heavy (non-hydrogen) atoms. The van der Waals surface area contributed by atoms with E-state index in [1.807, 2.05) is 6.92 Å². The fourth-order valence-electron chi connectivity index (χ4n) is 1.36. The van der Waals surface area contributed by atoms with Crippen LogP contribution in [0.25, 0.3) is 0 Å². The van der Waals surface area contributed by atoms with Gasteiger partial charge in [0.2, 0.25) is 0 Å². The van der Waals surface area contributed by atoms with Crippen molar-refractivity contribution in [3.63, 3.8) is 0 Å². The second-order valence-corrected chi connectivity index (χ2v) is 3.01. The highest BCUT2D eigenvalue weighted by molar-refractivity contribution is 4.65. The Bertz CT molecular complexity index is 83.6. The van der Waals surface area contributed by atoms with Crippen molar-refractivity contribution in [1.29, 1.82) is 0 Å². The summed E-state index contributed by atoms with van der Waals surface area (Å²) < 4.78 is 0. The van der Waals surface area contributed by atoms with Crippen LogP contribution in [0.5, 0.6) is 0 Å². The molecule has 0 radical (unpaired) electrons. The standard InChI is InChI=1S/C9H20O2/c1-3-8(6-5-7-10)9(11)4-2/h8-11H,3-7H2,1-2H3. The van der Waals surface area contributed by atoms with Crippen molar-refractivity contribution in [2.75, 3.05) is 6.61 Å². The van der Waals surface area contributed by atoms with Gasteiger partial charge in [0, 0.05) is 6.61 Å². The van der Waals surface area contributed by atoms with Crippen molar-refractivity contribution in [3.8, 4) is 0 Å². The summed E-state index contributed by atoms with van der Waals surface area (Å²) in [6, 6.07) is 0. The van der Waals surface area contributed by atoms with Crippen molar-refractivity contribution in [2.45, 2.75) is 45.6 Å². The second kappa shape index (κ2) is 6.62. The van der Waals surface area contributed by atoms with Crippen LogP contribution < -0.4 is 0 Å². The first-order chi connectivity index (χ1) is 5.26. The molecule has 2 nitrogen and oxygen atoms in total. The molecule has 0 amide bonds. The van der Waals surface area contributed by atoms with Crippen molar-refractivity contribution in [1.82, 2.24) is 0 Å². The van der Waals surface area contributed by atoms with E-state index in [1.54, 1.807) is 0 Å². The van der Waals surface area contributed by atoms with E-state index in [4.69, 9.17) is 5.11 Å². The Kier molecular flexibility index (Phi) is 6.57. The van der Waals surface area contributed by atoms with Crippen molar-refractivity contribution in [3.05, 3.63) is 0 Å². The summed E-state index contributed by atoms with van der Waals surface area (Å²) in [7, 11) is 0. The molecule has 0 aliphatic heterocycles. The maximum atomic E-state index is 9.46. The van der Waals surface area contributed by atoms with Gasteiger partial charge in [0.25, 0.3) is 0 Å². The Morgan fingerprint density at radius 1 is 1.18 bits per heavy atom. The number of hydrogen-bond donors (Lipinski definition) is 2. The van der Waals surface area contributed by atoms with E-state index < -0.39 is 0 Å². The highest BCUT2D eigenvalue weighted by Gasteiger charge is 2.14. The SMILES string of the molecule is CCC(O)C(CC)CCCO. The van der Waals surface area contributed by atoms with Crippen LogP contribution in [0.15, 0.2) is 0 Å². The van der Waals surface area contributed by atoms with E-state index in [0.717, 1.165) is 25.7 Å². The largest absolute Gasteiger partial charge is 0.396 e. The number of rotatable bonds is 6. The predicted molar refractivity (Wildman–Crippen MR) is 46.4 cm³/mol. The molecule has 0 rings (SSSR count). The van der Waals surface area contributed by atoms with E-state index in [0.29, 0.717) is 5.92 Å². The highest BCUT2D eigenvalue weighted by Crippen LogP contribution is 2.17.